The highest BCUT2D eigenvalue weighted by atomic mass is 127. The van der Waals surface area contributed by atoms with Crippen molar-refractivity contribution in [2.75, 3.05) is 9.80 Å². The lowest BCUT2D eigenvalue weighted by Crippen LogP contribution is -2.56. The summed E-state index contributed by atoms with van der Waals surface area (Å²) in [6, 6.07) is 18.3. The van der Waals surface area contributed by atoms with E-state index in [1.54, 1.807) is 30.3 Å². The molecule has 33 heavy (non-hydrogen) atoms. The molecule has 2 amide bonds. The van der Waals surface area contributed by atoms with Crippen LogP contribution in [0.1, 0.15) is 16.7 Å². The minimum absolute atomic E-state index is 0.0148. The molecule has 3 aromatic carbocycles. The highest BCUT2D eigenvalue weighted by Crippen LogP contribution is 2.33. The number of aromatic hydroxyl groups is 1. The van der Waals surface area contributed by atoms with Crippen LogP contribution < -0.4 is 9.80 Å². The van der Waals surface area contributed by atoms with Crippen LogP contribution in [-0.4, -0.2) is 22.0 Å². The Labute approximate surface area is 224 Å². The van der Waals surface area contributed by atoms with Crippen LogP contribution >= 0.6 is 57.4 Å². The molecule has 1 saturated heterocycles. The van der Waals surface area contributed by atoms with Crippen LogP contribution in [0.3, 0.4) is 0 Å². The van der Waals surface area contributed by atoms with Gasteiger partial charge in [0.05, 0.1) is 14.9 Å². The SMILES string of the molecule is Cc1ccc(N2C(=O)C(=Cc3cc(I)cc(I)c3O)C(=O)N(c3ccc(C)cc3)C2=S)cc1. The highest BCUT2D eigenvalue weighted by molar-refractivity contribution is 14.1. The Bertz CT molecular complexity index is 1250. The highest BCUT2D eigenvalue weighted by Gasteiger charge is 2.41. The fourth-order valence-corrected chi connectivity index (χ4v) is 5.69. The molecule has 0 aliphatic carbocycles. The molecule has 0 bridgehead atoms. The first-order chi connectivity index (χ1) is 15.7. The first kappa shape index (κ1) is 23.8. The summed E-state index contributed by atoms with van der Waals surface area (Å²) in [5.74, 6) is -1.06. The van der Waals surface area contributed by atoms with Gasteiger partial charge in [-0.2, -0.15) is 0 Å². The number of phenols is 1. The van der Waals surface area contributed by atoms with Crippen LogP contribution in [0.2, 0.25) is 0 Å². The van der Waals surface area contributed by atoms with Crippen LogP contribution in [0.5, 0.6) is 5.75 Å². The van der Waals surface area contributed by atoms with Crippen LogP contribution in [0.4, 0.5) is 11.4 Å². The number of nitrogens with zero attached hydrogens (tertiary/aromatic N) is 2. The zero-order valence-electron chi connectivity index (χ0n) is 17.7. The molecular weight excluding hydrogens is 662 g/mol. The van der Waals surface area contributed by atoms with Crippen molar-refractivity contribution in [3.63, 3.8) is 0 Å². The normalized spacial score (nSPS) is 14.2. The number of benzene rings is 3. The summed E-state index contributed by atoms with van der Waals surface area (Å²) < 4.78 is 1.50. The van der Waals surface area contributed by atoms with E-state index in [1.165, 1.54) is 15.9 Å². The van der Waals surface area contributed by atoms with Crippen LogP contribution in [0.25, 0.3) is 6.08 Å². The smallest absolute Gasteiger partial charge is 0.270 e. The lowest BCUT2D eigenvalue weighted by Gasteiger charge is -2.36. The molecule has 0 spiro atoms. The van der Waals surface area contributed by atoms with Gasteiger partial charge in [-0.3, -0.25) is 19.4 Å². The van der Waals surface area contributed by atoms with Crippen molar-refractivity contribution in [2.24, 2.45) is 0 Å². The van der Waals surface area contributed by atoms with Gasteiger partial charge in [-0.05, 0) is 114 Å². The van der Waals surface area contributed by atoms with E-state index in [4.69, 9.17) is 12.2 Å². The third kappa shape index (κ3) is 4.69. The molecule has 5 nitrogen and oxygen atoms in total. The van der Waals surface area contributed by atoms with E-state index in [-0.39, 0.29) is 16.4 Å². The second kappa shape index (κ2) is 9.51. The number of rotatable bonds is 3. The summed E-state index contributed by atoms with van der Waals surface area (Å²) in [6.07, 6.45) is 1.44. The molecule has 0 radical (unpaired) electrons. The third-order valence-corrected chi connectivity index (χ3v) is 7.00. The van der Waals surface area contributed by atoms with Crippen molar-refractivity contribution in [2.45, 2.75) is 13.8 Å². The predicted octanol–water partition coefficient (Wildman–Crippen LogP) is 5.97. The average molecular weight is 680 g/mol. The number of anilines is 2. The van der Waals surface area contributed by atoms with Crippen LogP contribution in [-0.2, 0) is 9.59 Å². The number of phenolic OH excluding ortho intramolecular Hbond substituents is 1. The Balaban J connectivity index is 1.91. The Morgan fingerprint density at radius 2 is 1.27 bits per heavy atom. The van der Waals surface area contributed by atoms with Crippen molar-refractivity contribution in [3.05, 3.63) is 90.1 Å². The summed E-state index contributed by atoms with van der Waals surface area (Å²) >= 11 is 9.80. The first-order valence-electron chi connectivity index (χ1n) is 9.93. The maximum Gasteiger partial charge on any atom is 0.270 e. The van der Waals surface area contributed by atoms with Crippen molar-refractivity contribution < 1.29 is 14.7 Å². The number of hydrogen-bond acceptors (Lipinski definition) is 4. The number of amides is 2. The molecule has 0 atom stereocenters. The number of carbonyl (C=O) groups excluding carboxylic acids is 2. The molecule has 1 fully saturated rings. The van der Waals surface area contributed by atoms with E-state index in [2.05, 4.69) is 22.6 Å². The molecule has 1 aliphatic heterocycles. The summed E-state index contributed by atoms with van der Waals surface area (Å²) in [5, 5.41) is 10.7. The van der Waals surface area contributed by atoms with Gasteiger partial charge in [0.25, 0.3) is 11.8 Å². The van der Waals surface area contributed by atoms with Crippen molar-refractivity contribution in [1.82, 2.24) is 0 Å². The van der Waals surface area contributed by atoms with Crippen LogP contribution in [0.15, 0.2) is 66.2 Å². The summed E-state index contributed by atoms with van der Waals surface area (Å²) in [4.78, 5) is 29.9. The van der Waals surface area contributed by atoms with Crippen molar-refractivity contribution >= 4 is 91.8 Å². The van der Waals surface area contributed by atoms with Gasteiger partial charge in [-0.1, -0.05) is 35.4 Å². The minimum atomic E-state index is -0.537. The maximum absolute atomic E-state index is 13.6. The lowest BCUT2D eigenvalue weighted by molar-refractivity contribution is -0.120. The van der Waals surface area contributed by atoms with E-state index < -0.39 is 11.8 Å². The zero-order valence-corrected chi connectivity index (χ0v) is 22.8. The van der Waals surface area contributed by atoms with Gasteiger partial charge < -0.3 is 5.11 Å². The Kier molecular flexibility index (Phi) is 6.87. The second-order valence-electron chi connectivity index (χ2n) is 7.62. The number of thiocarbonyl (C=S) groups is 1. The predicted molar refractivity (Wildman–Crippen MR) is 151 cm³/mol. The van der Waals surface area contributed by atoms with Gasteiger partial charge in [0, 0.05) is 9.13 Å². The average Bonchev–Trinajstić information content (AvgIpc) is 2.77. The third-order valence-electron chi connectivity index (χ3n) is 5.19. The van der Waals surface area contributed by atoms with E-state index in [1.807, 2.05) is 66.8 Å². The van der Waals surface area contributed by atoms with E-state index in [0.717, 1.165) is 14.7 Å². The molecule has 0 unspecified atom stereocenters. The quantitative estimate of drug-likeness (QED) is 0.161. The standard InChI is InChI=1S/C25H18I2N2O3S/c1-14-3-7-18(8-4-14)28-23(31)20(12-16-11-17(26)13-21(27)22(16)30)24(32)29(25(28)33)19-9-5-15(2)6-10-19/h3-13,30H,1-2H3. The molecular formula is C25H18I2N2O3S. The Hall–Kier alpha value is -2.31. The van der Waals surface area contributed by atoms with Crippen LogP contribution in [0, 0.1) is 21.0 Å². The van der Waals surface area contributed by atoms with Gasteiger partial charge in [-0.25, -0.2) is 0 Å². The number of carbonyl (C=O) groups is 2. The summed E-state index contributed by atoms with van der Waals surface area (Å²) in [6.45, 7) is 3.91. The Morgan fingerprint density at radius 3 is 1.73 bits per heavy atom. The summed E-state index contributed by atoms with van der Waals surface area (Å²) in [7, 11) is 0. The van der Waals surface area contributed by atoms with E-state index in [0.29, 0.717) is 20.5 Å². The minimum Gasteiger partial charge on any atom is -0.506 e. The first-order valence-corrected chi connectivity index (χ1v) is 12.5. The molecule has 166 valence electrons. The molecule has 4 rings (SSSR count). The molecule has 1 aliphatic rings. The fraction of sp³-hybridized carbons (Fsp3) is 0.0800. The number of halogens is 2. The van der Waals surface area contributed by atoms with Gasteiger partial charge in [0.2, 0.25) is 0 Å². The Morgan fingerprint density at radius 1 is 0.818 bits per heavy atom. The molecule has 8 heteroatoms. The molecule has 3 aromatic rings. The topological polar surface area (TPSA) is 60.9 Å². The maximum atomic E-state index is 13.6. The van der Waals surface area contributed by atoms with E-state index >= 15 is 0 Å². The lowest BCUT2D eigenvalue weighted by atomic mass is 10.0. The van der Waals surface area contributed by atoms with Crippen molar-refractivity contribution in [3.8, 4) is 5.75 Å². The molecule has 1 N–H and O–H groups in total. The molecule has 0 saturated carbocycles. The number of hydrogen-bond donors (Lipinski definition) is 1. The van der Waals surface area contributed by atoms with Gasteiger partial charge in [-0.15, -0.1) is 0 Å². The number of aryl methyl sites for hydroxylation is 2. The monoisotopic (exact) mass is 680 g/mol. The van der Waals surface area contributed by atoms with Crippen molar-refractivity contribution in [1.29, 1.82) is 0 Å². The largest absolute Gasteiger partial charge is 0.506 e. The van der Waals surface area contributed by atoms with Gasteiger partial charge in [0.15, 0.2) is 5.11 Å². The second-order valence-corrected chi connectivity index (χ2v) is 10.4. The van der Waals surface area contributed by atoms with Gasteiger partial charge in [0.1, 0.15) is 11.3 Å². The fourth-order valence-electron chi connectivity index (χ4n) is 3.42. The van der Waals surface area contributed by atoms with E-state index in [9.17, 15) is 14.7 Å². The zero-order chi connectivity index (χ0) is 23.9. The summed E-state index contributed by atoms with van der Waals surface area (Å²) in [5.41, 5.74) is 3.51. The molecule has 1 heterocycles. The van der Waals surface area contributed by atoms with Gasteiger partial charge >= 0.3 is 0 Å². The molecule has 0 aromatic heterocycles.